The minimum atomic E-state index is -0.597. The molecule has 5 fully saturated rings. The molecule has 1 spiro atoms. The van der Waals surface area contributed by atoms with Gasteiger partial charge >= 0.3 is 6.09 Å². The van der Waals surface area contributed by atoms with Gasteiger partial charge in [0.15, 0.2) is 0 Å². The highest BCUT2D eigenvalue weighted by molar-refractivity contribution is 5.88. The number of allylic oxidation sites excluding steroid dienone is 3. The van der Waals surface area contributed by atoms with Crippen molar-refractivity contribution in [2.75, 3.05) is 39.8 Å². The van der Waals surface area contributed by atoms with E-state index in [1.807, 2.05) is 0 Å². The van der Waals surface area contributed by atoms with Crippen molar-refractivity contribution in [1.29, 1.82) is 0 Å². The van der Waals surface area contributed by atoms with E-state index in [2.05, 4.69) is 56.3 Å². The maximum Gasteiger partial charge on any atom is 0.410 e. The Labute approximate surface area is 240 Å². The first-order valence-corrected chi connectivity index (χ1v) is 15.4. The first-order chi connectivity index (χ1) is 19.0. The molecule has 0 aromatic carbocycles. The monoisotopic (exact) mass is 555 g/mol. The van der Waals surface area contributed by atoms with Crippen LogP contribution >= 0.6 is 0 Å². The van der Waals surface area contributed by atoms with Crippen LogP contribution in [0.5, 0.6) is 0 Å². The van der Waals surface area contributed by atoms with Crippen molar-refractivity contribution in [3.8, 4) is 0 Å². The largest absolute Gasteiger partial charge is 0.439 e. The zero-order valence-electron chi connectivity index (χ0n) is 25.0. The lowest BCUT2D eigenvalue weighted by Crippen LogP contribution is -2.48. The summed E-state index contributed by atoms with van der Waals surface area (Å²) in [6.07, 6.45) is 18.8. The van der Waals surface area contributed by atoms with Gasteiger partial charge in [-0.1, -0.05) is 23.8 Å². The number of nitrogens with zero attached hydrogens (tertiary/aromatic N) is 2. The molecule has 2 amide bonds. The topological polar surface area (TPSA) is 83.6 Å². The van der Waals surface area contributed by atoms with Crippen molar-refractivity contribution in [3.05, 3.63) is 36.0 Å². The Balaban J connectivity index is 0.994. The summed E-state index contributed by atoms with van der Waals surface area (Å²) in [7, 11) is 2.06. The predicted octanol–water partition coefficient (Wildman–Crippen LogP) is 4.75. The molecule has 3 heterocycles. The van der Waals surface area contributed by atoms with E-state index in [1.165, 1.54) is 5.57 Å². The lowest BCUT2D eigenvalue weighted by molar-refractivity contribution is -0.117. The Kier molecular flexibility index (Phi) is 8.79. The highest BCUT2D eigenvalue weighted by atomic mass is 16.6. The number of nitrogens with one attached hydrogen (secondary N) is 1. The maximum absolute atomic E-state index is 12.6. The van der Waals surface area contributed by atoms with E-state index in [9.17, 15) is 9.59 Å². The van der Waals surface area contributed by atoms with Gasteiger partial charge in [-0.3, -0.25) is 4.79 Å². The Morgan fingerprint density at radius 2 is 1.75 bits per heavy atom. The molecule has 5 aliphatic rings. The molecule has 3 saturated heterocycles. The van der Waals surface area contributed by atoms with E-state index in [4.69, 9.17) is 14.2 Å². The minimum Gasteiger partial charge on any atom is -0.439 e. The van der Waals surface area contributed by atoms with Crippen molar-refractivity contribution in [2.24, 2.45) is 5.92 Å². The second kappa shape index (κ2) is 12.0. The maximum atomic E-state index is 12.6. The summed E-state index contributed by atoms with van der Waals surface area (Å²) < 4.78 is 17.8. The van der Waals surface area contributed by atoms with E-state index in [1.54, 1.807) is 17.1 Å². The lowest BCUT2D eigenvalue weighted by Gasteiger charge is -2.38. The molecule has 2 atom stereocenters. The fourth-order valence-electron chi connectivity index (χ4n) is 6.49. The Morgan fingerprint density at radius 3 is 2.40 bits per heavy atom. The smallest absolute Gasteiger partial charge is 0.410 e. The fourth-order valence-corrected chi connectivity index (χ4v) is 6.49. The standard InChI is InChI=1S/C32H49N3O5/c1-24(6-12-27-21-32(23-38-32)22-30(2,3)39-27)5-7-25-8-10-26(11-9-25)33-28(36)13-14-31(15-16-31)40-29(37)35-19-17-34(4)18-20-35/h5-6,12-14,25-27H,7-11,15-23H2,1-4H3,(H,33,36)/b12-6+,14-13-,24-5+. The van der Waals surface area contributed by atoms with Crippen molar-refractivity contribution in [2.45, 2.75) is 108 Å². The van der Waals surface area contributed by atoms with Crippen LogP contribution in [0.2, 0.25) is 0 Å². The van der Waals surface area contributed by atoms with Crippen LogP contribution in [0.1, 0.15) is 78.6 Å². The molecule has 0 aromatic heterocycles. The van der Waals surface area contributed by atoms with Crippen LogP contribution in [0, 0.1) is 5.92 Å². The zero-order chi connectivity index (χ0) is 28.4. The van der Waals surface area contributed by atoms with Crippen LogP contribution in [-0.2, 0) is 19.0 Å². The molecule has 2 unspecified atom stereocenters. The molecule has 2 aliphatic carbocycles. The molecule has 0 radical (unpaired) electrons. The number of carbonyl (C=O) groups excluding carboxylic acids is 2. The van der Waals surface area contributed by atoms with E-state index < -0.39 is 5.60 Å². The molecular weight excluding hydrogens is 506 g/mol. The van der Waals surface area contributed by atoms with E-state index in [-0.39, 0.29) is 35.3 Å². The fraction of sp³-hybridized carbons (Fsp3) is 0.750. The molecule has 0 bridgehead atoms. The summed E-state index contributed by atoms with van der Waals surface area (Å²) in [5.74, 6) is 0.571. The number of hydrogen-bond donors (Lipinski definition) is 1. The summed E-state index contributed by atoms with van der Waals surface area (Å²) >= 11 is 0. The molecule has 2 saturated carbocycles. The molecular formula is C32H49N3O5. The van der Waals surface area contributed by atoms with E-state index in [0.29, 0.717) is 19.0 Å². The van der Waals surface area contributed by atoms with Crippen molar-refractivity contribution in [1.82, 2.24) is 15.1 Å². The van der Waals surface area contributed by atoms with Gasteiger partial charge in [0.05, 0.1) is 23.9 Å². The van der Waals surface area contributed by atoms with Gasteiger partial charge in [0.1, 0.15) is 5.60 Å². The normalized spacial score (nSPS) is 33.9. The molecule has 1 N–H and O–H groups in total. The van der Waals surface area contributed by atoms with Gasteiger partial charge in [-0.05, 0) is 84.8 Å². The van der Waals surface area contributed by atoms with Crippen LogP contribution in [0.15, 0.2) is 36.0 Å². The third-order valence-electron chi connectivity index (χ3n) is 9.22. The number of piperazine rings is 1. The number of rotatable bonds is 8. The number of likely N-dealkylation sites (N-methyl/N-ethyl adjacent to an activating group) is 1. The van der Waals surface area contributed by atoms with Crippen LogP contribution in [0.4, 0.5) is 4.79 Å². The van der Waals surface area contributed by atoms with Gasteiger partial charge in [-0.15, -0.1) is 0 Å². The SMILES string of the molecule is CC(/C=C/C1CC2(CO2)CC(C)(C)O1)=C\CC1CCC(NC(=O)/C=C\C2(OC(=O)N3CCN(C)CC3)CC2)CC1. The summed E-state index contributed by atoms with van der Waals surface area (Å²) in [5.41, 5.74) is 0.595. The average Bonchev–Trinajstić information content (AvgIpc) is 3.84. The molecule has 0 aromatic rings. The molecule has 3 aliphatic heterocycles. The summed E-state index contributed by atoms with van der Waals surface area (Å²) in [4.78, 5) is 29.1. The molecule has 5 rings (SSSR count). The van der Waals surface area contributed by atoms with Crippen molar-refractivity contribution in [3.63, 3.8) is 0 Å². The Bertz CT molecular complexity index is 1000. The van der Waals surface area contributed by atoms with Gasteiger partial charge in [-0.25, -0.2) is 4.79 Å². The van der Waals surface area contributed by atoms with Crippen LogP contribution < -0.4 is 5.32 Å². The second-order valence-corrected chi connectivity index (χ2v) is 13.6. The summed E-state index contributed by atoms with van der Waals surface area (Å²) in [5, 5.41) is 3.17. The summed E-state index contributed by atoms with van der Waals surface area (Å²) in [6, 6.07) is 0.213. The van der Waals surface area contributed by atoms with Gasteiger partial charge < -0.3 is 29.3 Å². The summed E-state index contributed by atoms with van der Waals surface area (Å²) in [6.45, 7) is 10.5. The predicted molar refractivity (Wildman–Crippen MR) is 155 cm³/mol. The molecule has 40 heavy (non-hydrogen) atoms. The van der Waals surface area contributed by atoms with E-state index >= 15 is 0 Å². The van der Waals surface area contributed by atoms with Crippen LogP contribution in [-0.4, -0.2) is 90.6 Å². The van der Waals surface area contributed by atoms with Gasteiger partial charge in [0, 0.05) is 51.1 Å². The lowest BCUT2D eigenvalue weighted by atomic mass is 9.83. The Morgan fingerprint density at radius 1 is 1.05 bits per heavy atom. The Hall–Kier alpha value is -2.16. The molecule has 222 valence electrons. The average molecular weight is 556 g/mol. The number of epoxide rings is 1. The molecule has 8 nitrogen and oxygen atoms in total. The second-order valence-electron chi connectivity index (χ2n) is 13.6. The van der Waals surface area contributed by atoms with Crippen LogP contribution in [0.3, 0.4) is 0 Å². The number of ether oxygens (including phenoxy) is 3. The number of carbonyl (C=O) groups is 2. The third kappa shape index (κ3) is 8.20. The highest BCUT2D eigenvalue weighted by Gasteiger charge is 2.53. The van der Waals surface area contributed by atoms with Crippen LogP contribution in [0.25, 0.3) is 0 Å². The van der Waals surface area contributed by atoms with Gasteiger partial charge in [0.2, 0.25) is 5.91 Å². The minimum absolute atomic E-state index is 0.0505. The zero-order valence-corrected chi connectivity index (χ0v) is 25.0. The molecule has 8 heteroatoms. The van der Waals surface area contributed by atoms with Crippen molar-refractivity contribution >= 4 is 12.0 Å². The number of amides is 2. The quantitative estimate of drug-likeness (QED) is 0.264. The van der Waals surface area contributed by atoms with Gasteiger partial charge in [0.25, 0.3) is 0 Å². The van der Waals surface area contributed by atoms with Crippen molar-refractivity contribution < 1.29 is 23.8 Å². The first-order valence-electron chi connectivity index (χ1n) is 15.4. The first kappa shape index (κ1) is 29.3. The third-order valence-corrected chi connectivity index (χ3v) is 9.22. The highest BCUT2D eigenvalue weighted by Crippen LogP contribution is 2.46. The van der Waals surface area contributed by atoms with Gasteiger partial charge in [-0.2, -0.15) is 0 Å². The van der Waals surface area contributed by atoms with E-state index in [0.717, 1.165) is 77.5 Å². The number of hydrogen-bond acceptors (Lipinski definition) is 6.